The van der Waals surface area contributed by atoms with Crippen LogP contribution in [-0.4, -0.2) is 30.0 Å². The second-order valence-corrected chi connectivity index (χ2v) is 7.63. The summed E-state index contributed by atoms with van der Waals surface area (Å²) < 4.78 is 5.33. The van der Waals surface area contributed by atoms with Crippen molar-refractivity contribution >= 4 is 23.2 Å². The average molecular weight is 388 g/mol. The van der Waals surface area contributed by atoms with Gasteiger partial charge in [0.2, 0.25) is 0 Å². The van der Waals surface area contributed by atoms with Crippen LogP contribution in [0.2, 0.25) is 0 Å². The Bertz CT molecular complexity index is 795. The zero-order valence-corrected chi connectivity index (χ0v) is 15.9. The standard InChI is InChI=1S/C20H24N2O4S/c23-15(17-8-9-18(27-17)16-7-4-12-26-16)13-22-20(25)19(24)21-11-10-14-5-2-1-3-6-14/h4-5,7-9,12,15,23H,1-3,6,10-11,13H2,(H,21,24)(H,22,25). The fourth-order valence-electron chi connectivity index (χ4n) is 3.00. The maximum absolute atomic E-state index is 11.9. The molecule has 0 fully saturated rings. The molecule has 7 heteroatoms. The van der Waals surface area contributed by atoms with E-state index in [0.29, 0.717) is 11.4 Å². The number of carbonyl (C=O) groups excluding carboxylic acids is 2. The SMILES string of the molecule is O=C(NCCC1=CCCCC1)C(=O)NCC(O)c1ccc(-c2ccco2)s1. The topological polar surface area (TPSA) is 91.6 Å². The molecule has 144 valence electrons. The van der Waals surface area contributed by atoms with E-state index in [4.69, 9.17) is 4.42 Å². The van der Waals surface area contributed by atoms with Crippen molar-refractivity contribution in [1.29, 1.82) is 0 Å². The molecule has 0 saturated heterocycles. The molecule has 2 aromatic heterocycles. The summed E-state index contributed by atoms with van der Waals surface area (Å²) in [6.45, 7) is 0.438. The van der Waals surface area contributed by atoms with Gasteiger partial charge in [0, 0.05) is 18.0 Å². The van der Waals surface area contributed by atoms with E-state index in [2.05, 4.69) is 16.7 Å². The first kappa shape index (κ1) is 19.4. The van der Waals surface area contributed by atoms with E-state index >= 15 is 0 Å². The Balaban J connectivity index is 1.40. The predicted octanol–water partition coefficient (Wildman–Crippen LogP) is 3.16. The molecule has 0 aliphatic heterocycles. The van der Waals surface area contributed by atoms with Gasteiger partial charge in [0.1, 0.15) is 11.9 Å². The van der Waals surface area contributed by atoms with Crippen molar-refractivity contribution in [2.75, 3.05) is 13.1 Å². The van der Waals surface area contributed by atoms with Crippen molar-refractivity contribution in [3.63, 3.8) is 0 Å². The molecule has 3 rings (SSSR count). The summed E-state index contributed by atoms with van der Waals surface area (Å²) in [5.74, 6) is -0.662. The number of amides is 2. The minimum absolute atomic E-state index is 0.0183. The van der Waals surface area contributed by atoms with Gasteiger partial charge in [0.15, 0.2) is 0 Å². The molecule has 6 nitrogen and oxygen atoms in total. The minimum Gasteiger partial charge on any atom is -0.464 e. The van der Waals surface area contributed by atoms with Gasteiger partial charge in [-0.3, -0.25) is 9.59 Å². The summed E-state index contributed by atoms with van der Waals surface area (Å²) in [6, 6.07) is 7.29. The van der Waals surface area contributed by atoms with Gasteiger partial charge < -0.3 is 20.2 Å². The molecule has 27 heavy (non-hydrogen) atoms. The van der Waals surface area contributed by atoms with Crippen molar-refractivity contribution in [3.8, 4) is 10.6 Å². The summed E-state index contributed by atoms with van der Waals surface area (Å²) in [7, 11) is 0. The third-order valence-corrected chi connectivity index (χ3v) is 5.70. The third kappa shape index (κ3) is 5.55. The predicted molar refractivity (Wildman–Crippen MR) is 104 cm³/mol. The van der Waals surface area contributed by atoms with Gasteiger partial charge in [-0.25, -0.2) is 0 Å². The van der Waals surface area contributed by atoms with Gasteiger partial charge in [-0.15, -0.1) is 11.3 Å². The molecule has 1 unspecified atom stereocenters. The number of furan rings is 1. The third-order valence-electron chi connectivity index (χ3n) is 4.50. The van der Waals surface area contributed by atoms with E-state index in [9.17, 15) is 14.7 Å². The molecule has 0 bridgehead atoms. The first-order valence-corrected chi connectivity index (χ1v) is 10.0. The average Bonchev–Trinajstić information content (AvgIpc) is 3.38. The number of nitrogens with one attached hydrogen (secondary N) is 2. The first-order chi connectivity index (χ1) is 13.1. The van der Waals surface area contributed by atoms with Crippen molar-refractivity contribution in [2.24, 2.45) is 0 Å². The van der Waals surface area contributed by atoms with Crippen LogP contribution in [-0.2, 0) is 9.59 Å². The van der Waals surface area contributed by atoms with Crippen LogP contribution in [0.3, 0.4) is 0 Å². The summed E-state index contributed by atoms with van der Waals surface area (Å²) in [4.78, 5) is 25.4. The summed E-state index contributed by atoms with van der Waals surface area (Å²) in [5, 5.41) is 15.3. The second kappa shape index (κ2) is 9.53. The molecular formula is C20H24N2O4S. The van der Waals surface area contributed by atoms with Gasteiger partial charge in [-0.05, 0) is 56.4 Å². The van der Waals surface area contributed by atoms with E-state index < -0.39 is 17.9 Å². The highest BCUT2D eigenvalue weighted by atomic mass is 32.1. The molecule has 1 atom stereocenters. The number of allylic oxidation sites excluding steroid dienone is 1. The number of carbonyl (C=O) groups is 2. The molecule has 2 aromatic rings. The lowest BCUT2D eigenvalue weighted by Crippen LogP contribution is -2.41. The van der Waals surface area contributed by atoms with Crippen LogP contribution >= 0.6 is 11.3 Å². The largest absolute Gasteiger partial charge is 0.464 e. The Morgan fingerprint density at radius 1 is 1.19 bits per heavy atom. The van der Waals surface area contributed by atoms with Crippen LogP contribution < -0.4 is 10.6 Å². The van der Waals surface area contributed by atoms with E-state index in [-0.39, 0.29) is 6.54 Å². The lowest BCUT2D eigenvalue weighted by Gasteiger charge is -2.13. The molecule has 1 aliphatic carbocycles. The van der Waals surface area contributed by atoms with Crippen LogP contribution in [0.15, 0.2) is 46.6 Å². The molecule has 0 radical (unpaired) electrons. The van der Waals surface area contributed by atoms with Crippen molar-refractivity contribution in [2.45, 2.75) is 38.2 Å². The number of aliphatic hydroxyl groups excluding tert-OH is 1. The van der Waals surface area contributed by atoms with E-state index in [1.807, 2.05) is 12.1 Å². The van der Waals surface area contributed by atoms with Crippen molar-refractivity contribution < 1.29 is 19.1 Å². The highest BCUT2D eigenvalue weighted by Gasteiger charge is 2.17. The Kier molecular flexibility index (Phi) is 6.84. The van der Waals surface area contributed by atoms with Crippen LogP contribution in [0.4, 0.5) is 0 Å². The number of rotatable bonds is 7. The molecule has 2 heterocycles. The number of hydrogen-bond donors (Lipinski definition) is 3. The molecule has 0 spiro atoms. The van der Waals surface area contributed by atoms with Gasteiger partial charge >= 0.3 is 11.8 Å². The normalized spacial score (nSPS) is 15.1. The zero-order valence-electron chi connectivity index (χ0n) is 15.1. The van der Waals surface area contributed by atoms with E-state index in [0.717, 1.165) is 29.9 Å². The van der Waals surface area contributed by atoms with Crippen LogP contribution in [0.5, 0.6) is 0 Å². The van der Waals surface area contributed by atoms with E-state index in [1.54, 1.807) is 18.4 Å². The lowest BCUT2D eigenvalue weighted by molar-refractivity contribution is -0.139. The van der Waals surface area contributed by atoms with Crippen molar-refractivity contribution in [1.82, 2.24) is 10.6 Å². The van der Waals surface area contributed by atoms with Crippen LogP contribution in [0.1, 0.15) is 43.1 Å². The van der Waals surface area contributed by atoms with Gasteiger partial charge in [-0.2, -0.15) is 0 Å². The Morgan fingerprint density at radius 3 is 2.78 bits per heavy atom. The fourth-order valence-corrected chi connectivity index (χ4v) is 3.96. The van der Waals surface area contributed by atoms with Gasteiger partial charge in [0.05, 0.1) is 11.1 Å². The Hall–Kier alpha value is -2.38. The zero-order chi connectivity index (χ0) is 19.1. The highest BCUT2D eigenvalue weighted by molar-refractivity contribution is 7.15. The molecular weight excluding hydrogens is 364 g/mol. The Labute approximate surface area is 162 Å². The number of hydrogen-bond acceptors (Lipinski definition) is 5. The fraction of sp³-hybridized carbons (Fsp3) is 0.400. The molecule has 3 N–H and O–H groups in total. The molecule has 0 saturated carbocycles. The number of aliphatic hydroxyl groups is 1. The maximum atomic E-state index is 11.9. The van der Waals surface area contributed by atoms with Gasteiger partial charge in [-0.1, -0.05) is 11.6 Å². The van der Waals surface area contributed by atoms with Gasteiger partial charge in [0.25, 0.3) is 0 Å². The number of thiophene rings is 1. The highest BCUT2D eigenvalue weighted by Crippen LogP contribution is 2.31. The second-order valence-electron chi connectivity index (χ2n) is 6.52. The van der Waals surface area contributed by atoms with Crippen molar-refractivity contribution in [3.05, 3.63) is 47.1 Å². The molecule has 2 amide bonds. The lowest BCUT2D eigenvalue weighted by atomic mass is 9.97. The monoisotopic (exact) mass is 388 g/mol. The molecule has 0 aromatic carbocycles. The maximum Gasteiger partial charge on any atom is 0.309 e. The molecule has 1 aliphatic rings. The van der Waals surface area contributed by atoms with E-state index in [1.165, 1.54) is 29.8 Å². The Morgan fingerprint density at radius 2 is 2.04 bits per heavy atom. The first-order valence-electron chi connectivity index (χ1n) is 9.19. The van der Waals surface area contributed by atoms with Crippen LogP contribution in [0, 0.1) is 0 Å². The smallest absolute Gasteiger partial charge is 0.309 e. The summed E-state index contributed by atoms with van der Waals surface area (Å²) in [6.07, 6.45) is 8.34. The summed E-state index contributed by atoms with van der Waals surface area (Å²) in [5.41, 5.74) is 1.35. The van der Waals surface area contributed by atoms with Crippen LogP contribution in [0.25, 0.3) is 10.6 Å². The minimum atomic E-state index is -0.872. The summed E-state index contributed by atoms with van der Waals surface area (Å²) >= 11 is 1.39. The quantitative estimate of drug-likeness (QED) is 0.502.